The SMILES string of the molecule is Cc1cc(C(=O)NCCN(C)C2CC2)ccc1C#CCN. The van der Waals surface area contributed by atoms with Crippen molar-refractivity contribution in [3.8, 4) is 11.8 Å². The first-order chi connectivity index (χ1) is 10.1. The van der Waals surface area contributed by atoms with E-state index in [1.54, 1.807) is 0 Å². The largest absolute Gasteiger partial charge is 0.351 e. The maximum Gasteiger partial charge on any atom is 0.251 e. The van der Waals surface area contributed by atoms with Crippen LogP contribution in [-0.4, -0.2) is 43.5 Å². The van der Waals surface area contributed by atoms with Crippen molar-refractivity contribution in [2.75, 3.05) is 26.7 Å². The Hall–Kier alpha value is -1.83. The van der Waals surface area contributed by atoms with Gasteiger partial charge in [0.05, 0.1) is 6.54 Å². The van der Waals surface area contributed by atoms with E-state index in [2.05, 4.69) is 29.1 Å². The second kappa shape index (κ2) is 7.26. The summed E-state index contributed by atoms with van der Waals surface area (Å²) in [5, 5.41) is 2.97. The second-order valence-corrected chi connectivity index (χ2v) is 5.50. The summed E-state index contributed by atoms with van der Waals surface area (Å²) < 4.78 is 0. The molecule has 1 aliphatic carbocycles. The molecule has 1 fully saturated rings. The van der Waals surface area contributed by atoms with Crippen molar-refractivity contribution in [3.63, 3.8) is 0 Å². The minimum atomic E-state index is -0.0272. The number of carbonyl (C=O) groups excluding carboxylic acids is 1. The first kappa shape index (κ1) is 15.6. The Labute approximate surface area is 126 Å². The van der Waals surface area contributed by atoms with Gasteiger partial charge in [-0.15, -0.1) is 0 Å². The quantitative estimate of drug-likeness (QED) is 0.797. The van der Waals surface area contributed by atoms with E-state index in [-0.39, 0.29) is 5.91 Å². The summed E-state index contributed by atoms with van der Waals surface area (Å²) in [6.45, 7) is 3.88. The monoisotopic (exact) mass is 285 g/mol. The van der Waals surface area contributed by atoms with E-state index in [0.717, 1.165) is 23.7 Å². The molecule has 1 amide bonds. The number of aryl methyl sites for hydroxylation is 1. The standard InChI is InChI=1S/C17H23N3O/c1-13-12-15(6-5-14(13)4-3-9-18)17(21)19-10-11-20(2)16-7-8-16/h5-6,12,16H,7-11,18H2,1-2H3,(H,19,21). The van der Waals surface area contributed by atoms with Gasteiger partial charge in [-0.3, -0.25) is 4.79 Å². The Balaban J connectivity index is 1.88. The Morgan fingerprint density at radius 2 is 2.24 bits per heavy atom. The van der Waals surface area contributed by atoms with E-state index in [4.69, 9.17) is 5.73 Å². The van der Waals surface area contributed by atoms with Gasteiger partial charge in [0.1, 0.15) is 0 Å². The van der Waals surface area contributed by atoms with Crippen molar-refractivity contribution >= 4 is 5.91 Å². The number of benzene rings is 1. The normalized spacial score (nSPS) is 13.7. The van der Waals surface area contributed by atoms with Gasteiger partial charge in [-0.05, 0) is 50.6 Å². The van der Waals surface area contributed by atoms with Gasteiger partial charge >= 0.3 is 0 Å². The molecule has 0 saturated heterocycles. The number of hydrogen-bond donors (Lipinski definition) is 2. The molecule has 0 aliphatic heterocycles. The third kappa shape index (κ3) is 4.59. The van der Waals surface area contributed by atoms with Crippen LogP contribution in [0.3, 0.4) is 0 Å². The Morgan fingerprint density at radius 3 is 2.86 bits per heavy atom. The highest BCUT2D eigenvalue weighted by Crippen LogP contribution is 2.24. The van der Waals surface area contributed by atoms with Gasteiger partial charge in [-0.25, -0.2) is 0 Å². The summed E-state index contributed by atoms with van der Waals surface area (Å²) in [4.78, 5) is 14.4. The van der Waals surface area contributed by atoms with Crippen LogP contribution in [0.1, 0.15) is 34.3 Å². The fraction of sp³-hybridized carbons (Fsp3) is 0.471. The fourth-order valence-corrected chi connectivity index (χ4v) is 2.24. The van der Waals surface area contributed by atoms with Crippen LogP contribution in [0.5, 0.6) is 0 Å². The summed E-state index contributed by atoms with van der Waals surface area (Å²) in [5.41, 5.74) is 7.97. The average molecular weight is 285 g/mol. The van der Waals surface area contributed by atoms with Crippen molar-refractivity contribution in [1.29, 1.82) is 0 Å². The van der Waals surface area contributed by atoms with Gasteiger partial charge in [-0.2, -0.15) is 0 Å². The number of nitrogens with zero attached hydrogens (tertiary/aromatic N) is 1. The first-order valence-corrected chi connectivity index (χ1v) is 7.40. The molecule has 0 heterocycles. The van der Waals surface area contributed by atoms with E-state index < -0.39 is 0 Å². The lowest BCUT2D eigenvalue weighted by molar-refractivity contribution is 0.0949. The third-order valence-electron chi connectivity index (χ3n) is 3.73. The van der Waals surface area contributed by atoms with Gasteiger partial charge in [0, 0.05) is 30.3 Å². The zero-order valence-corrected chi connectivity index (χ0v) is 12.8. The molecule has 0 spiro atoms. The van der Waals surface area contributed by atoms with Gasteiger partial charge < -0.3 is 16.0 Å². The van der Waals surface area contributed by atoms with Crippen molar-refractivity contribution in [2.24, 2.45) is 5.73 Å². The minimum Gasteiger partial charge on any atom is -0.351 e. The molecule has 0 aromatic heterocycles. The average Bonchev–Trinajstić information content (AvgIpc) is 3.30. The molecular weight excluding hydrogens is 262 g/mol. The number of carbonyl (C=O) groups is 1. The van der Waals surface area contributed by atoms with Crippen LogP contribution < -0.4 is 11.1 Å². The smallest absolute Gasteiger partial charge is 0.251 e. The van der Waals surface area contributed by atoms with Crippen LogP contribution in [0.2, 0.25) is 0 Å². The Morgan fingerprint density at radius 1 is 1.48 bits per heavy atom. The number of nitrogens with two attached hydrogens (primary N) is 1. The maximum absolute atomic E-state index is 12.1. The first-order valence-electron chi connectivity index (χ1n) is 7.40. The highest BCUT2D eigenvalue weighted by atomic mass is 16.1. The minimum absolute atomic E-state index is 0.0272. The number of likely N-dealkylation sites (N-methyl/N-ethyl adjacent to an activating group) is 1. The second-order valence-electron chi connectivity index (χ2n) is 5.50. The predicted octanol–water partition coefficient (Wildman–Crippen LogP) is 1.13. The number of amides is 1. The van der Waals surface area contributed by atoms with Crippen molar-refractivity contribution in [1.82, 2.24) is 10.2 Å². The molecule has 1 aromatic rings. The van der Waals surface area contributed by atoms with E-state index in [1.807, 2.05) is 25.1 Å². The third-order valence-corrected chi connectivity index (χ3v) is 3.73. The lowest BCUT2D eigenvalue weighted by Gasteiger charge is -2.15. The molecule has 0 radical (unpaired) electrons. The van der Waals surface area contributed by atoms with Crippen LogP contribution in [0.25, 0.3) is 0 Å². The van der Waals surface area contributed by atoms with Crippen LogP contribution in [0, 0.1) is 18.8 Å². The number of nitrogens with one attached hydrogen (secondary N) is 1. The molecule has 1 aromatic carbocycles. The molecular formula is C17H23N3O. The zero-order valence-electron chi connectivity index (χ0n) is 12.8. The van der Waals surface area contributed by atoms with Gasteiger partial charge in [0.2, 0.25) is 0 Å². The number of hydrogen-bond acceptors (Lipinski definition) is 3. The van der Waals surface area contributed by atoms with Crippen molar-refractivity contribution in [3.05, 3.63) is 34.9 Å². The molecule has 4 nitrogen and oxygen atoms in total. The maximum atomic E-state index is 12.1. The summed E-state index contributed by atoms with van der Waals surface area (Å²) >= 11 is 0. The van der Waals surface area contributed by atoms with E-state index in [1.165, 1.54) is 12.8 Å². The molecule has 4 heteroatoms. The van der Waals surface area contributed by atoms with Crippen LogP contribution in [-0.2, 0) is 0 Å². The molecule has 1 saturated carbocycles. The van der Waals surface area contributed by atoms with E-state index >= 15 is 0 Å². The lowest BCUT2D eigenvalue weighted by atomic mass is 10.0. The van der Waals surface area contributed by atoms with E-state index in [0.29, 0.717) is 18.7 Å². The zero-order chi connectivity index (χ0) is 15.2. The van der Waals surface area contributed by atoms with Crippen LogP contribution in [0.4, 0.5) is 0 Å². The highest BCUT2D eigenvalue weighted by Gasteiger charge is 2.25. The summed E-state index contributed by atoms with van der Waals surface area (Å²) in [6.07, 6.45) is 2.57. The fourth-order valence-electron chi connectivity index (χ4n) is 2.24. The summed E-state index contributed by atoms with van der Waals surface area (Å²) in [6, 6.07) is 6.29. The molecule has 0 bridgehead atoms. The topological polar surface area (TPSA) is 58.4 Å². The molecule has 3 N–H and O–H groups in total. The Bertz CT molecular complexity index is 567. The predicted molar refractivity (Wildman–Crippen MR) is 85.1 cm³/mol. The molecule has 0 unspecified atom stereocenters. The van der Waals surface area contributed by atoms with Gasteiger partial charge in [-0.1, -0.05) is 11.8 Å². The molecule has 21 heavy (non-hydrogen) atoms. The summed E-state index contributed by atoms with van der Waals surface area (Å²) in [7, 11) is 2.11. The molecule has 2 rings (SSSR count). The molecule has 1 aliphatic rings. The van der Waals surface area contributed by atoms with Gasteiger partial charge in [0.25, 0.3) is 5.91 Å². The van der Waals surface area contributed by atoms with Crippen molar-refractivity contribution in [2.45, 2.75) is 25.8 Å². The van der Waals surface area contributed by atoms with Crippen LogP contribution >= 0.6 is 0 Å². The van der Waals surface area contributed by atoms with Gasteiger partial charge in [0.15, 0.2) is 0 Å². The van der Waals surface area contributed by atoms with E-state index in [9.17, 15) is 4.79 Å². The van der Waals surface area contributed by atoms with Crippen LogP contribution in [0.15, 0.2) is 18.2 Å². The van der Waals surface area contributed by atoms with Crippen molar-refractivity contribution < 1.29 is 4.79 Å². The summed E-state index contributed by atoms with van der Waals surface area (Å²) in [5.74, 6) is 5.80. The Kier molecular flexibility index (Phi) is 5.38. The highest BCUT2D eigenvalue weighted by molar-refractivity contribution is 5.94. The lowest BCUT2D eigenvalue weighted by Crippen LogP contribution is -2.34. The molecule has 0 atom stereocenters. The molecule has 112 valence electrons. The number of rotatable bonds is 5.